The molecule has 4 atom stereocenters. The third kappa shape index (κ3) is 4.77. The van der Waals surface area contributed by atoms with E-state index < -0.39 is 41.1 Å². The lowest BCUT2D eigenvalue weighted by Crippen LogP contribution is -2.55. The molecule has 0 bridgehead atoms. The minimum absolute atomic E-state index is 0.0437. The van der Waals surface area contributed by atoms with Crippen molar-refractivity contribution in [3.8, 4) is 0 Å². The molecule has 1 aromatic carbocycles. The highest BCUT2D eigenvalue weighted by atomic mass is 79.9. The number of aliphatic hydroxyl groups is 1. The zero-order valence-electron chi connectivity index (χ0n) is 15.6. The number of carbonyl (C=O) groups excluding carboxylic acids is 3. The molecule has 4 unspecified atom stereocenters. The van der Waals surface area contributed by atoms with Crippen LogP contribution in [0.25, 0.3) is 0 Å². The number of Topliss-reactive ketones (excluding diaryl/α,β-unsaturated/α-hetero) is 1. The van der Waals surface area contributed by atoms with Crippen molar-refractivity contribution in [2.24, 2.45) is 11.8 Å². The maximum Gasteiger partial charge on any atom is 0.317 e. The van der Waals surface area contributed by atoms with Crippen LogP contribution in [-0.2, 0) is 23.9 Å². The molecule has 0 amide bonds. The van der Waals surface area contributed by atoms with Crippen molar-refractivity contribution in [3.63, 3.8) is 0 Å². The van der Waals surface area contributed by atoms with Gasteiger partial charge in [-0.1, -0.05) is 53.4 Å². The average Bonchev–Trinajstić information content (AvgIpc) is 2.63. The molecule has 0 spiro atoms. The summed E-state index contributed by atoms with van der Waals surface area (Å²) in [7, 11) is 0. The number of ether oxygens (including phenoxy) is 2. The Morgan fingerprint density at radius 1 is 1.18 bits per heavy atom. The van der Waals surface area contributed by atoms with Crippen LogP contribution < -0.4 is 0 Å². The molecule has 0 aliphatic heterocycles. The molecule has 0 saturated heterocycles. The van der Waals surface area contributed by atoms with E-state index in [2.05, 4.69) is 29.1 Å². The van der Waals surface area contributed by atoms with Crippen LogP contribution in [0, 0.1) is 11.8 Å². The Morgan fingerprint density at radius 2 is 1.71 bits per heavy atom. The van der Waals surface area contributed by atoms with Crippen molar-refractivity contribution in [1.29, 1.82) is 0 Å². The lowest BCUT2D eigenvalue weighted by atomic mass is 9.62. The van der Waals surface area contributed by atoms with E-state index in [0.29, 0.717) is 5.56 Å². The Kier molecular flexibility index (Phi) is 7.32. The first-order valence-corrected chi connectivity index (χ1v) is 9.58. The summed E-state index contributed by atoms with van der Waals surface area (Å²) in [4.78, 5) is 38.2. The maximum atomic E-state index is 12.8. The van der Waals surface area contributed by atoms with Crippen LogP contribution in [-0.4, -0.2) is 41.6 Å². The molecule has 0 heterocycles. The van der Waals surface area contributed by atoms with E-state index in [1.807, 2.05) is 0 Å². The normalized spacial score (nSPS) is 27.0. The molecule has 1 N–H and O–H groups in total. The summed E-state index contributed by atoms with van der Waals surface area (Å²) in [5, 5.41) is 10.9. The molecule has 0 radical (unpaired) electrons. The van der Waals surface area contributed by atoms with Crippen LogP contribution in [0.5, 0.6) is 0 Å². The molecule has 1 aromatic rings. The molecule has 1 fully saturated rings. The van der Waals surface area contributed by atoms with Gasteiger partial charge in [0.05, 0.1) is 11.5 Å². The summed E-state index contributed by atoms with van der Waals surface area (Å²) in [6, 6.07) is 6.87. The van der Waals surface area contributed by atoms with Crippen molar-refractivity contribution in [2.45, 2.75) is 24.9 Å². The fraction of sp³-hybridized carbons (Fsp3) is 0.381. The number of hydrogen-bond acceptors (Lipinski definition) is 6. The van der Waals surface area contributed by atoms with Gasteiger partial charge in [0.25, 0.3) is 0 Å². The first-order valence-electron chi connectivity index (χ1n) is 8.78. The van der Waals surface area contributed by atoms with Gasteiger partial charge >= 0.3 is 11.9 Å². The van der Waals surface area contributed by atoms with Crippen LogP contribution in [0.4, 0.5) is 0 Å². The summed E-state index contributed by atoms with van der Waals surface area (Å²) in [6.07, 6.45) is 2.44. The van der Waals surface area contributed by atoms with E-state index in [1.54, 1.807) is 24.3 Å². The largest absolute Gasteiger partial charge is 0.461 e. The fourth-order valence-corrected chi connectivity index (χ4v) is 3.83. The van der Waals surface area contributed by atoms with Gasteiger partial charge in [0.2, 0.25) is 0 Å². The Balaban J connectivity index is 2.56. The highest BCUT2D eigenvalue weighted by Crippen LogP contribution is 2.46. The van der Waals surface area contributed by atoms with Gasteiger partial charge in [-0.2, -0.15) is 0 Å². The highest BCUT2D eigenvalue weighted by molar-refractivity contribution is 9.10. The number of ketones is 1. The number of rotatable bonds is 7. The zero-order chi connectivity index (χ0) is 20.9. The smallest absolute Gasteiger partial charge is 0.317 e. The molecule has 1 aliphatic carbocycles. The second kappa shape index (κ2) is 9.30. The predicted molar refractivity (Wildman–Crippen MR) is 106 cm³/mol. The Hall–Kier alpha value is -2.25. The SMILES string of the molecule is C=CCOC(=O)C1C(=O)CC(C)(O)C(C(=O)OCC=C)C1c1ccc(Br)cc1. The summed E-state index contributed by atoms with van der Waals surface area (Å²) in [5.74, 6) is -5.24. The number of carbonyl (C=O) groups is 3. The zero-order valence-corrected chi connectivity index (χ0v) is 17.2. The predicted octanol–water partition coefficient (Wildman–Crippen LogP) is 2.95. The third-order valence-electron chi connectivity index (χ3n) is 4.72. The van der Waals surface area contributed by atoms with Gasteiger partial charge < -0.3 is 14.6 Å². The van der Waals surface area contributed by atoms with Gasteiger partial charge in [0, 0.05) is 16.8 Å². The number of hydrogen-bond donors (Lipinski definition) is 1. The standard InChI is InChI=1S/C21H23BrO6/c1-4-10-27-19(24)17-15(23)12-21(3,26)18(20(25)28-11-5-2)16(17)13-6-8-14(22)9-7-13/h4-9,16-18,26H,1-2,10-12H2,3H3. The van der Waals surface area contributed by atoms with Crippen molar-refractivity contribution in [3.05, 3.63) is 59.6 Å². The minimum Gasteiger partial charge on any atom is -0.461 e. The van der Waals surface area contributed by atoms with E-state index in [4.69, 9.17) is 9.47 Å². The molecule has 2 rings (SSSR count). The molecular weight excluding hydrogens is 428 g/mol. The molecular formula is C21H23BrO6. The second-order valence-electron chi connectivity index (χ2n) is 6.87. The molecule has 6 nitrogen and oxygen atoms in total. The van der Waals surface area contributed by atoms with E-state index in [-0.39, 0.29) is 19.6 Å². The van der Waals surface area contributed by atoms with Gasteiger partial charge in [-0.15, -0.1) is 0 Å². The average molecular weight is 451 g/mol. The van der Waals surface area contributed by atoms with Crippen LogP contribution in [0.3, 0.4) is 0 Å². The Bertz CT molecular complexity index is 768. The summed E-state index contributed by atoms with van der Waals surface area (Å²) in [5.41, 5.74) is -1.12. The second-order valence-corrected chi connectivity index (χ2v) is 7.79. The highest BCUT2D eigenvalue weighted by Gasteiger charge is 2.57. The van der Waals surface area contributed by atoms with Crippen molar-refractivity contribution < 1.29 is 29.0 Å². The van der Waals surface area contributed by atoms with Gasteiger partial charge in [-0.25, -0.2) is 0 Å². The fourth-order valence-electron chi connectivity index (χ4n) is 3.56. The van der Waals surface area contributed by atoms with E-state index >= 15 is 0 Å². The first kappa shape index (κ1) is 22.0. The lowest BCUT2D eigenvalue weighted by molar-refractivity contribution is -0.171. The molecule has 0 aromatic heterocycles. The van der Waals surface area contributed by atoms with Gasteiger partial charge in [0.1, 0.15) is 19.1 Å². The summed E-state index contributed by atoms with van der Waals surface area (Å²) < 4.78 is 11.1. The van der Waals surface area contributed by atoms with Crippen LogP contribution >= 0.6 is 15.9 Å². The van der Waals surface area contributed by atoms with E-state index in [1.165, 1.54) is 19.1 Å². The van der Waals surface area contributed by atoms with Crippen LogP contribution in [0.2, 0.25) is 0 Å². The first-order chi connectivity index (χ1) is 13.2. The van der Waals surface area contributed by atoms with Gasteiger partial charge in [-0.3, -0.25) is 14.4 Å². The lowest BCUT2D eigenvalue weighted by Gasteiger charge is -2.43. The van der Waals surface area contributed by atoms with Crippen molar-refractivity contribution >= 4 is 33.7 Å². The molecule has 1 aliphatic rings. The van der Waals surface area contributed by atoms with E-state index in [0.717, 1.165) is 4.47 Å². The molecule has 7 heteroatoms. The Morgan fingerprint density at radius 3 is 2.25 bits per heavy atom. The molecule has 1 saturated carbocycles. The third-order valence-corrected chi connectivity index (χ3v) is 5.25. The van der Waals surface area contributed by atoms with Crippen LogP contribution in [0.15, 0.2) is 54.0 Å². The van der Waals surface area contributed by atoms with Gasteiger partial charge in [0.15, 0.2) is 5.78 Å². The van der Waals surface area contributed by atoms with E-state index in [9.17, 15) is 19.5 Å². The van der Waals surface area contributed by atoms with Crippen molar-refractivity contribution in [2.75, 3.05) is 13.2 Å². The topological polar surface area (TPSA) is 89.9 Å². The number of halogens is 1. The summed E-state index contributed by atoms with van der Waals surface area (Å²) >= 11 is 3.34. The number of esters is 2. The van der Waals surface area contributed by atoms with Crippen molar-refractivity contribution in [1.82, 2.24) is 0 Å². The van der Waals surface area contributed by atoms with Gasteiger partial charge in [-0.05, 0) is 24.6 Å². The Labute approximate surface area is 172 Å². The monoisotopic (exact) mass is 450 g/mol. The molecule has 28 heavy (non-hydrogen) atoms. The minimum atomic E-state index is -1.68. The quantitative estimate of drug-likeness (QED) is 0.390. The maximum absolute atomic E-state index is 12.8. The molecule has 150 valence electrons. The van der Waals surface area contributed by atoms with Crippen LogP contribution in [0.1, 0.15) is 24.8 Å². The summed E-state index contributed by atoms with van der Waals surface area (Å²) in [6.45, 7) is 8.30. The number of benzene rings is 1.